The average Bonchev–Trinajstić information content (AvgIpc) is 3.26. The van der Waals surface area contributed by atoms with Crippen LogP contribution in [0.5, 0.6) is 11.5 Å². The molecule has 1 saturated heterocycles. The molecule has 7 nitrogen and oxygen atoms in total. The molecule has 0 saturated carbocycles. The number of carbonyl (C=O) groups is 2. The Hall–Kier alpha value is -3.22. The Bertz CT molecular complexity index is 887. The summed E-state index contributed by atoms with van der Waals surface area (Å²) in [5.74, 6) is 1.36. The van der Waals surface area contributed by atoms with Gasteiger partial charge in [-0.05, 0) is 48.9 Å². The predicted octanol–water partition coefficient (Wildman–Crippen LogP) is 2.81. The van der Waals surface area contributed by atoms with Crippen molar-refractivity contribution in [2.75, 3.05) is 33.0 Å². The van der Waals surface area contributed by atoms with Crippen molar-refractivity contribution in [3.05, 3.63) is 59.7 Å². The molecule has 2 aliphatic heterocycles. The number of nitrogens with one attached hydrogen (secondary N) is 2. The van der Waals surface area contributed by atoms with Gasteiger partial charge in [0.25, 0.3) is 5.91 Å². The molecule has 2 heterocycles. The maximum absolute atomic E-state index is 12.5. The fourth-order valence-corrected chi connectivity index (χ4v) is 3.86. The molecule has 4 rings (SSSR count). The van der Waals surface area contributed by atoms with Crippen LogP contribution in [0.3, 0.4) is 0 Å². The third-order valence-corrected chi connectivity index (χ3v) is 5.52. The summed E-state index contributed by atoms with van der Waals surface area (Å²) in [6.45, 7) is 2.75. The van der Waals surface area contributed by atoms with Crippen molar-refractivity contribution in [3.8, 4) is 11.5 Å². The lowest BCUT2D eigenvalue weighted by atomic mass is 9.98. The molecule has 0 aliphatic carbocycles. The van der Waals surface area contributed by atoms with E-state index in [1.807, 2.05) is 23.1 Å². The van der Waals surface area contributed by atoms with E-state index < -0.39 is 0 Å². The van der Waals surface area contributed by atoms with Gasteiger partial charge in [-0.3, -0.25) is 4.79 Å². The Labute approximate surface area is 176 Å². The van der Waals surface area contributed by atoms with Gasteiger partial charge in [-0.2, -0.15) is 0 Å². The van der Waals surface area contributed by atoms with Crippen LogP contribution >= 0.6 is 0 Å². The molecule has 2 aromatic rings. The van der Waals surface area contributed by atoms with Crippen LogP contribution in [-0.4, -0.2) is 49.8 Å². The van der Waals surface area contributed by atoms with Gasteiger partial charge in [0.1, 0.15) is 0 Å². The Kier molecular flexibility index (Phi) is 6.37. The van der Waals surface area contributed by atoms with Crippen molar-refractivity contribution in [2.45, 2.75) is 19.3 Å². The molecule has 0 spiro atoms. The average molecular weight is 409 g/mol. The van der Waals surface area contributed by atoms with Crippen LogP contribution in [0.1, 0.15) is 28.8 Å². The zero-order valence-corrected chi connectivity index (χ0v) is 16.9. The monoisotopic (exact) mass is 409 g/mol. The van der Waals surface area contributed by atoms with E-state index in [1.54, 1.807) is 18.2 Å². The standard InChI is InChI=1S/C23H27N3O4/c27-22(19-8-9-20-21(13-19)30-16-29-20)25-14-18-7-4-12-26(15-18)23(28)24-11-10-17-5-2-1-3-6-17/h1-3,5-6,8-9,13,18H,4,7,10-12,14-16H2,(H,24,28)(H,25,27)/t18-/m0/s1. The molecule has 1 atom stereocenters. The Morgan fingerprint density at radius 2 is 1.87 bits per heavy atom. The third-order valence-electron chi connectivity index (χ3n) is 5.52. The van der Waals surface area contributed by atoms with Gasteiger partial charge in [-0.1, -0.05) is 30.3 Å². The first kappa shape index (κ1) is 20.1. The number of amides is 3. The number of fused-ring (bicyclic) bond motifs is 1. The molecular formula is C23H27N3O4. The van der Waals surface area contributed by atoms with Gasteiger partial charge in [0, 0.05) is 31.7 Å². The molecule has 0 radical (unpaired) electrons. The van der Waals surface area contributed by atoms with Crippen LogP contribution in [0.15, 0.2) is 48.5 Å². The van der Waals surface area contributed by atoms with Gasteiger partial charge in [-0.15, -0.1) is 0 Å². The van der Waals surface area contributed by atoms with Crippen molar-refractivity contribution >= 4 is 11.9 Å². The van der Waals surface area contributed by atoms with E-state index in [0.717, 1.165) is 25.8 Å². The molecule has 1 fully saturated rings. The quantitative estimate of drug-likeness (QED) is 0.769. The molecule has 2 aromatic carbocycles. The summed E-state index contributed by atoms with van der Waals surface area (Å²) in [7, 11) is 0. The van der Waals surface area contributed by atoms with Crippen LogP contribution < -0.4 is 20.1 Å². The fourth-order valence-electron chi connectivity index (χ4n) is 3.86. The summed E-state index contributed by atoms with van der Waals surface area (Å²) in [6.07, 6.45) is 2.75. The Morgan fingerprint density at radius 3 is 2.73 bits per heavy atom. The second-order valence-corrected chi connectivity index (χ2v) is 7.70. The fraction of sp³-hybridized carbons (Fsp3) is 0.391. The number of hydrogen-bond donors (Lipinski definition) is 2. The number of nitrogens with zero attached hydrogens (tertiary/aromatic N) is 1. The molecule has 30 heavy (non-hydrogen) atoms. The lowest BCUT2D eigenvalue weighted by Gasteiger charge is -2.33. The van der Waals surface area contributed by atoms with E-state index in [-0.39, 0.29) is 24.6 Å². The molecule has 0 bridgehead atoms. The third kappa shape index (κ3) is 5.03. The van der Waals surface area contributed by atoms with E-state index in [4.69, 9.17) is 9.47 Å². The largest absolute Gasteiger partial charge is 0.454 e. The SMILES string of the molecule is O=C(NC[C@@H]1CCCN(C(=O)NCCc2ccccc2)C1)c1ccc2c(c1)OCO2. The summed E-state index contributed by atoms with van der Waals surface area (Å²) >= 11 is 0. The predicted molar refractivity (Wildman–Crippen MR) is 113 cm³/mol. The number of rotatable bonds is 6. The highest BCUT2D eigenvalue weighted by Crippen LogP contribution is 2.32. The molecule has 0 aromatic heterocycles. The lowest BCUT2D eigenvalue weighted by molar-refractivity contribution is 0.0937. The first-order valence-corrected chi connectivity index (χ1v) is 10.4. The van der Waals surface area contributed by atoms with Gasteiger partial charge >= 0.3 is 6.03 Å². The van der Waals surface area contributed by atoms with E-state index in [0.29, 0.717) is 36.7 Å². The normalized spacial score (nSPS) is 17.5. The van der Waals surface area contributed by atoms with Crippen molar-refractivity contribution in [2.24, 2.45) is 5.92 Å². The van der Waals surface area contributed by atoms with E-state index in [1.165, 1.54) is 5.56 Å². The number of hydrogen-bond acceptors (Lipinski definition) is 4. The molecule has 7 heteroatoms. The highest BCUT2D eigenvalue weighted by Gasteiger charge is 2.24. The summed E-state index contributed by atoms with van der Waals surface area (Å²) in [5.41, 5.74) is 1.76. The summed E-state index contributed by atoms with van der Waals surface area (Å²) in [5, 5.41) is 6.00. The second kappa shape index (κ2) is 9.52. The van der Waals surface area contributed by atoms with Crippen LogP contribution in [0, 0.1) is 5.92 Å². The minimum atomic E-state index is -0.141. The van der Waals surface area contributed by atoms with E-state index in [9.17, 15) is 9.59 Å². The van der Waals surface area contributed by atoms with Crippen LogP contribution in [0.2, 0.25) is 0 Å². The zero-order chi connectivity index (χ0) is 20.8. The molecule has 0 unspecified atom stereocenters. The maximum atomic E-state index is 12.5. The summed E-state index contributed by atoms with van der Waals surface area (Å²) in [6, 6.07) is 15.3. The number of ether oxygens (including phenoxy) is 2. The van der Waals surface area contributed by atoms with Crippen molar-refractivity contribution in [3.63, 3.8) is 0 Å². The minimum Gasteiger partial charge on any atom is -0.454 e. The lowest BCUT2D eigenvalue weighted by Crippen LogP contribution is -2.48. The number of benzene rings is 2. The number of carbonyl (C=O) groups excluding carboxylic acids is 2. The van der Waals surface area contributed by atoms with Gasteiger partial charge < -0.3 is 25.0 Å². The molecule has 158 valence electrons. The van der Waals surface area contributed by atoms with Crippen LogP contribution in [0.25, 0.3) is 0 Å². The molecule has 2 N–H and O–H groups in total. The van der Waals surface area contributed by atoms with E-state index >= 15 is 0 Å². The molecule has 3 amide bonds. The number of piperidine rings is 1. The van der Waals surface area contributed by atoms with Gasteiger partial charge in [0.05, 0.1) is 0 Å². The minimum absolute atomic E-state index is 0.0299. The highest BCUT2D eigenvalue weighted by atomic mass is 16.7. The van der Waals surface area contributed by atoms with Crippen molar-refractivity contribution < 1.29 is 19.1 Å². The van der Waals surface area contributed by atoms with Crippen molar-refractivity contribution in [1.29, 1.82) is 0 Å². The van der Waals surface area contributed by atoms with Crippen molar-refractivity contribution in [1.82, 2.24) is 15.5 Å². The topological polar surface area (TPSA) is 79.9 Å². The van der Waals surface area contributed by atoms with Gasteiger partial charge in [0.15, 0.2) is 11.5 Å². The smallest absolute Gasteiger partial charge is 0.317 e. The molecular weight excluding hydrogens is 382 g/mol. The van der Waals surface area contributed by atoms with E-state index in [2.05, 4.69) is 22.8 Å². The second-order valence-electron chi connectivity index (χ2n) is 7.70. The number of likely N-dealkylation sites (tertiary alicyclic amines) is 1. The first-order valence-electron chi connectivity index (χ1n) is 10.4. The highest BCUT2D eigenvalue weighted by molar-refractivity contribution is 5.94. The summed E-state index contributed by atoms with van der Waals surface area (Å²) in [4.78, 5) is 26.8. The van der Waals surface area contributed by atoms with Crippen LogP contribution in [0.4, 0.5) is 4.79 Å². The number of urea groups is 1. The first-order chi connectivity index (χ1) is 14.7. The van der Waals surface area contributed by atoms with Gasteiger partial charge in [0.2, 0.25) is 6.79 Å². The molecule has 2 aliphatic rings. The maximum Gasteiger partial charge on any atom is 0.317 e. The zero-order valence-electron chi connectivity index (χ0n) is 16.9. The Balaban J connectivity index is 1.21. The summed E-state index contributed by atoms with van der Waals surface area (Å²) < 4.78 is 10.6. The Morgan fingerprint density at radius 1 is 1.03 bits per heavy atom. The van der Waals surface area contributed by atoms with Crippen LogP contribution in [-0.2, 0) is 6.42 Å². The van der Waals surface area contributed by atoms with Gasteiger partial charge in [-0.25, -0.2) is 4.79 Å².